The molecule has 1 aliphatic heterocycles. The molecule has 4 fully saturated rings. The molecular formula is C27H44O3. The Morgan fingerprint density at radius 1 is 1.03 bits per heavy atom. The Bertz CT molecular complexity index is 665. The number of allylic oxidation sites excluding steroid dienone is 1. The highest BCUT2D eigenvalue weighted by atomic mass is 16.5. The molecule has 5 aliphatic rings. The average Bonchev–Trinajstić information content (AvgIpc) is 3.31. The predicted octanol–water partition coefficient (Wildman–Crippen LogP) is 5.64. The van der Waals surface area contributed by atoms with Gasteiger partial charge in [0.15, 0.2) is 0 Å². The van der Waals surface area contributed by atoms with Crippen LogP contribution in [0.1, 0.15) is 97.3 Å². The number of ether oxygens (including phenoxy) is 1. The van der Waals surface area contributed by atoms with Gasteiger partial charge in [-0.25, -0.2) is 0 Å². The largest absolute Gasteiger partial charge is 0.390 e. The lowest BCUT2D eigenvalue weighted by Crippen LogP contribution is -2.47. The third kappa shape index (κ3) is 3.61. The van der Waals surface area contributed by atoms with Gasteiger partial charge in [-0.05, 0) is 106 Å². The van der Waals surface area contributed by atoms with Gasteiger partial charge in [0, 0.05) is 13.0 Å². The first-order valence-electron chi connectivity index (χ1n) is 13.1. The topological polar surface area (TPSA) is 49.7 Å². The van der Waals surface area contributed by atoms with E-state index in [1.165, 1.54) is 44.9 Å². The molecule has 30 heavy (non-hydrogen) atoms. The smallest absolute Gasteiger partial charge is 0.0902 e. The Kier molecular flexibility index (Phi) is 5.64. The van der Waals surface area contributed by atoms with Crippen molar-refractivity contribution >= 4 is 0 Å². The highest BCUT2D eigenvalue weighted by Crippen LogP contribution is 2.64. The lowest BCUT2D eigenvalue weighted by atomic mass is 9.51. The van der Waals surface area contributed by atoms with Gasteiger partial charge in [-0.1, -0.05) is 31.9 Å². The predicted molar refractivity (Wildman–Crippen MR) is 120 cm³/mol. The molecule has 0 radical (unpaired) electrons. The maximum absolute atomic E-state index is 10.9. The molecule has 1 saturated heterocycles. The van der Waals surface area contributed by atoms with E-state index in [4.69, 9.17) is 4.74 Å². The molecule has 0 spiro atoms. The molecule has 0 aromatic rings. The minimum atomic E-state index is -0.539. The van der Waals surface area contributed by atoms with Crippen LogP contribution in [0, 0.1) is 35.0 Å². The summed E-state index contributed by atoms with van der Waals surface area (Å²) in [5.41, 5.74) is 1.16. The Labute approximate surface area is 183 Å². The van der Waals surface area contributed by atoms with Crippen LogP contribution in [0.25, 0.3) is 0 Å². The molecule has 1 heterocycles. The van der Waals surface area contributed by atoms with Crippen molar-refractivity contribution < 1.29 is 14.9 Å². The molecule has 8 atom stereocenters. The zero-order chi connectivity index (χ0) is 21.0. The number of hydrogen-bond donors (Lipinski definition) is 2. The van der Waals surface area contributed by atoms with E-state index < -0.39 is 11.2 Å². The highest BCUT2D eigenvalue weighted by Gasteiger charge is 2.56. The van der Waals surface area contributed by atoms with Crippen molar-refractivity contribution in [3.63, 3.8) is 0 Å². The van der Waals surface area contributed by atoms with Crippen LogP contribution in [-0.2, 0) is 4.74 Å². The minimum absolute atomic E-state index is 0.425. The van der Waals surface area contributed by atoms with Gasteiger partial charge >= 0.3 is 0 Å². The number of rotatable bonds is 5. The number of hydrogen-bond acceptors (Lipinski definition) is 3. The summed E-state index contributed by atoms with van der Waals surface area (Å²) < 4.78 is 5.44. The first-order chi connectivity index (χ1) is 14.4. The Balaban J connectivity index is 1.24. The number of fused-ring (bicyclic) bond motifs is 5. The lowest BCUT2D eigenvalue weighted by molar-refractivity contribution is -0.0416. The van der Waals surface area contributed by atoms with Crippen LogP contribution in [-0.4, -0.2) is 34.6 Å². The van der Waals surface area contributed by atoms with E-state index in [0.29, 0.717) is 12.0 Å². The highest BCUT2D eigenvalue weighted by molar-refractivity contribution is 5.22. The van der Waals surface area contributed by atoms with Crippen LogP contribution in [0.2, 0.25) is 0 Å². The van der Waals surface area contributed by atoms with Gasteiger partial charge in [0.2, 0.25) is 0 Å². The van der Waals surface area contributed by atoms with Crippen LogP contribution in [0.3, 0.4) is 0 Å². The third-order valence-electron chi connectivity index (χ3n) is 10.7. The molecule has 0 amide bonds. The molecule has 0 aromatic carbocycles. The fourth-order valence-electron chi connectivity index (χ4n) is 8.72. The van der Waals surface area contributed by atoms with Crippen molar-refractivity contribution in [2.24, 2.45) is 35.0 Å². The first kappa shape index (κ1) is 21.5. The fraction of sp³-hybridized carbons (Fsp3) is 0.926. The summed E-state index contributed by atoms with van der Waals surface area (Å²) in [6, 6.07) is 0. The third-order valence-corrected chi connectivity index (χ3v) is 10.7. The molecule has 0 aromatic heterocycles. The number of aliphatic hydroxyl groups is 2. The average molecular weight is 417 g/mol. The van der Waals surface area contributed by atoms with E-state index in [9.17, 15) is 10.2 Å². The van der Waals surface area contributed by atoms with E-state index in [0.717, 1.165) is 74.7 Å². The van der Waals surface area contributed by atoms with Crippen LogP contribution < -0.4 is 0 Å². The summed E-state index contributed by atoms with van der Waals surface area (Å²) in [7, 11) is 0. The Hall–Kier alpha value is -0.380. The van der Waals surface area contributed by atoms with Gasteiger partial charge in [-0.3, -0.25) is 0 Å². The molecule has 0 bridgehead atoms. The first-order valence-corrected chi connectivity index (χ1v) is 13.1. The molecule has 170 valence electrons. The van der Waals surface area contributed by atoms with Crippen LogP contribution >= 0.6 is 0 Å². The summed E-state index contributed by atoms with van der Waals surface area (Å²) in [4.78, 5) is 0. The van der Waals surface area contributed by atoms with E-state index in [1.54, 1.807) is 5.57 Å². The van der Waals surface area contributed by atoms with E-state index >= 15 is 0 Å². The fourth-order valence-corrected chi connectivity index (χ4v) is 8.72. The van der Waals surface area contributed by atoms with Crippen molar-refractivity contribution in [3.8, 4) is 0 Å². The van der Waals surface area contributed by atoms with Crippen LogP contribution in [0.4, 0.5) is 0 Å². The zero-order valence-electron chi connectivity index (χ0n) is 19.4. The van der Waals surface area contributed by atoms with Gasteiger partial charge in [-0.15, -0.1) is 0 Å². The Morgan fingerprint density at radius 3 is 2.67 bits per heavy atom. The van der Waals surface area contributed by atoms with Crippen LogP contribution in [0.15, 0.2) is 11.6 Å². The van der Waals surface area contributed by atoms with Crippen molar-refractivity contribution in [2.45, 2.75) is 109 Å². The van der Waals surface area contributed by atoms with Crippen molar-refractivity contribution in [1.29, 1.82) is 0 Å². The molecule has 3 saturated carbocycles. The second-order valence-electron chi connectivity index (χ2n) is 12.1. The summed E-state index contributed by atoms with van der Waals surface area (Å²) in [6.07, 6.45) is 17.7. The monoisotopic (exact) mass is 416 g/mol. The van der Waals surface area contributed by atoms with Gasteiger partial charge in [-0.2, -0.15) is 0 Å². The molecule has 0 unspecified atom stereocenters. The van der Waals surface area contributed by atoms with Gasteiger partial charge in [0.25, 0.3) is 0 Å². The van der Waals surface area contributed by atoms with Gasteiger partial charge in [0.1, 0.15) is 0 Å². The van der Waals surface area contributed by atoms with Gasteiger partial charge < -0.3 is 14.9 Å². The molecule has 3 heteroatoms. The summed E-state index contributed by atoms with van der Waals surface area (Å²) in [5.74, 6) is 4.25. The van der Waals surface area contributed by atoms with E-state index in [2.05, 4.69) is 19.9 Å². The van der Waals surface area contributed by atoms with Crippen molar-refractivity contribution in [3.05, 3.63) is 11.6 Å². The quantitative estimate of drug-likeness (QED) is 0.570. The standard InChI is InChI=1S/C27H44O3/c1-3-26(28)14-11-21-19(17-26)6-8-23-22(21)10-13-25(2)20(7-9-24(23)25)5-4-12-27(29)15-16-30-18-27/h6,20-24,28-29H,3-5,7-18H2,1-2H3/t20-,21-,22+,23+,24-,25+,26-,27+/m0/s1. The summed E-state index contributed by atoms with van der Waals surface area (Å²) in [6.45, 7) is 6.05. The molecule has 5 rings (SSSR count). The second kappa shape index (κ2) is 7.89. The van der Waals surface area contributed by atoms with Crippen molar-refractivity contribution in [1.82, 2.24) is 0 Å². The van der Waals surface area contributed by atoms with Crippen LogP contribution in [0.5, 0.6) is 0 Å². The zero-order valence-corrected chi connectivity index (χ0v) is 19.4. The van der Waals surface area contributed by atoms with Gasteiger partial charge in [0.05, 0.1) is 17.8 Å². The van der Waals surface area contributed by atoms with E-state index in [1.807, 2.05) is 0 Å². The SMILES string of the molecule is CC[C@]1(O)CC[C@H]2C(=CC[C@@H]3[C@@H]2CC[C@]2(C)[C@@H](CCC[C@@]4(O)CCOC4)CC[C@@H]32)C1. The molecule has 2 N–H and O–H groups in total. The van der Waals surface area contributed by atoms with E-state index in [-0.39, 0.29) is 0 Å². The molecule has 3 nitrogen and oxygen atoms in total. The Morgan fingerprint density at radius 2 is 1.90 bits per heavy atom. The summed E-state index contributed by atoms with van der Waals surface area (Å²) in [5, 5.41) is 21.5. The lowest BCUT2D eigenvalue weighted by Gasteiger charge is -2.54. The summed E-state index contributed by atoms with van der Waals surface area (Å²) >= 11 is 0. The normalized spacial score (nSPS) is 50.5. The molecular weight excluding hydrogens is 372 g/mol. The second-order valence-corrected chi connectivity index (χ2v) is 12.1. The maximum atomic E-state index is 10.9. The van der Waals surface area contributed by atoms with Crippen molar-refractivity contribution in [2.75, 3.05) is 13.2 Å². The minimum Gasteiger partial charge on any atom is -0.390 e. The maximum Gasteiger partial charge on any atom is 0.0902 e. The molecule has 4 aliphatic carbocycles.